The molecule has 0 aliphatic carbocycles. The molecule has 4 rings (SSSR count). The van der Waals surface area contributed by atoms with Gasteiger partial charge < -0.3 is 9.84 Å². The molecule has 3 heterocycles. The lowest BCUT2D eigenvalue weighted by Crippen LogP contribution is -2.24. The van der Waals surface area contributed by atoms with E-state index in [1.807, 2.05) is 41.2 Å². The molecule has 1 aromatic carbocycles. The predicted octanol–water partition coefficient (Wildman–Crippen LogP) is 2.65. The Balaban J connectivity index is 1.63. The summed E-state index contributed by atoms with van der Waals surface area (Å²) in [5.41, 5.74) is 3.48. The number of aliphatic hydroxyl groups is 1. The lowest BCUT2D eigenvalue weighted by atomic mass is 10.0. The van der Waals surface area contributed by atoms with Crippen molar-refractivity contribution < 1.29 is 9.84 Å². The van der Waals surface area contributed by atoms with Crippen LogP contribution in [0.15, 0.2) is 54.9 Å². The Kier molecular flexibility index (Phi) is 3.96. The van der Waals surface area contributed by atoms with E-state index in [1.165, 1.54) is 11.1 Å². The third kappa shape index (κ3) is 2.77. The maximum Gasteiger partial charge on any atom is 0.119 e. The fourth-order valence-corrected chi connectivity index (χ4v) is 3.58. The molecule has 2 atom stereocenters. The largest absolute Gasteiger partial charge is 0.497 e. The van der Waals surface area contributed by atoms with Crippen LogP contribution in [0, 0.1) is 0 Å². The fraction of sp³-hybridized carbons (Fsp3) is 0.316. The maximum atomic E-state index is 10.2. The molecule has 1 fully saturated rings. The first kappa shape index (κ1) is 15.2. The summed E-state index contributed by atoms with van der Waals surface area (Å²) in [5, 5.41) is 14.6. The third-order valence-corrected chi connectivity index (χ3v) is 4.74. The Morgan fingerprint density at radius 3 is 3.04 bits per heavy atom. The minimum atomic E-state index is -0.303. The number of hydrogen-bond acceptors (Lipinski definition) is 4. The van der Waals surface area contributed by atoms with Gasteiger partial charge in [0.05, 0.1) is 24.9 Å². The van der Waals surface area contributed by atoms with Gasteiger partial charge in [-0.1, -0.05) is 18.2 Å². The smallest absolute Gasteiger partial charge is 0.119 e. The zero-order valence-corrected chi connectivity index (χ0v) is 13.7. The van der Waals surface area contributed by atoms with Gasteiger partial charge >= 0.3 is 0 Å². The monoisotopic (exact) mass is 323 g/mol. The number of pyridine rings is 1. The maximum absolute atomic E-state index is 10.2. The first-order valence-corrected chi connectivity index (χ1v) is 8.22. The zero-order chi connectivity index (χ0) is 16.5. The van der Waals surface area contributed by atoms with Crippen LogP contribution in [-0.2, 0) is 6.54 Å². The Morgan fingerprint density at radius 2 is 2.17 bits per heavy atom. The summed E-state index contributed by atoms with van der Waals surface area (Å²) >= 11 is 0. The van der Waals surface area contributed by atoms with Crippen LogP contribution in [-0.4, -0.2) is 39.4 Å². The average molecular weight is 323 g/mol. The number of aliphatic hydroxyl groups excluding tert-OH is 1. The van der Waals surface area contributed by atoms with Crippen molar-refractivity contribution >= 4 is 5.52 Å². The van der Waals surface area contributed by atoms with Crippen molar-refractivity contribution in [3.8, 4) is 5.75 Å². The van der Waals surface area contributed by atoms with E-state index in [0.717, 1.165) is 24.2 Å². The Hall–Kier alpha value is -2.37. The number of rotatable bonds is 4. The molecular formula is C19H21N3O2. The molecule has 1 saturated heterocycles. The third-order valence-electron chi connectivity index (χ3n) is 4.74. The van der Waals surface area contributed by atoms with Crippen LogP contribution in [0.25, 0.3) is 5.52 Å². The Morgan fingerprint density at radius 1 is 1.25 bits per heavy atom. The highest BCUT2D eigenvalue weighted by molar-refractivity contribution is 5.53. The normalized spacial score (nSPS) is 21.4. The quantitative estimate of drug-likeness (QED) is 0.802. The minimum Gasteiger partial charge on any atom is -0.497 e. The number of fused-ring (bicyclic) bond motifs is 1. The molecule has 0 amide bonds. The highest BCUT2D eigenvalue weighted by Crippen LogP contribution is 2.35. The van der Waals surface area contributed by atoms with E-state index >= 15 is 0 Å². The van der Waals surface area contributed by atoms with Crippen LogP contribution in [0.5, 0.6) is 5.75 Å². The first-order valence-electron chi connectivity index (χ1n) is 8.22. The lowest BCUT2D eigenvalue weighted by molar-refractivity contribution is 0.173. The molecule has 0 saturated carbocycles. The van der Waals surface area contributed by atoms with Crippen LogP contribution in [0.4, 0.5) is 0 Å². The van der Waals surface area contributed by atoms with Crippen molar-refractivity contribution in [1.82, 2.24) is 14.5 Å². The van der Waals surface area contributed by atoms with Gasteiger partial charge in [0.2, 0.25) is 0 Å². The number of methoxy groups -OCH3 is 1. The standard InChI is InChI=1S/C19H21N3O2/c1-24-17-6-4-5-14(9-17)19-10-16(23)13-21(19)12-15-11-20-22-8-3-2-7-18(15)22/h2-9,11,16,19,23H,10,12-13H2,1H3. The van der Waals surface area contributed by atoms with Gasteiger partial charge in [-0.15, -0.1) is 0 Å². The minimum absolute atomic E-state index is 0.189. The summed E-state index contributed by atoms with van der Waals surface area (Å²) in [6.07, 6.45) is 4.31. The number of likely N-dealkylation sites (tertiary alicyclic amines) is 1. The molecule has 3 aromatic rings. The highest BCUT2D eigenvalue weighted by Gasteiger charge is 2.32. The van der Waals surface area contributed by atoms with Crippen LogP contribution < -0.4 is 4.74 Å². The molecule has 5 nitrogen and oxygen atoms in total. The van der Waals surface area contributed by atoms with Gasteiger partial charge in [-0.05, 0) is 36.2 Å². The number of aromatic nitrogens is 2. The molecule has 2 unspecified atom stereocenters. The number of nitrogens with zero attached hydrogens (tertiary/aromatic N) is 3. The zero-order valence-electron chi connectivity index (χ0n) is 13.7. The van der Waals surface area contributed by atoms with Gasteiger partial charge in [0, 0.05) is 30.9 Å². The highest BCUT2D eigenvalue weighted by atomic mass is 16.5. The van der Waals surface area contributed by atoms with Crippen molar-refractivity contribution in [2.24, 2.45) is 0 Å². The second kappa shape index (κ2) is 6.26. The van der Waals surface area contributed by atoms with E-state index in [2.05, 4.69) is 28.2 Å². The van der Waals surface area contributed by atoms with Crippen LogP contribution in [0.3, 0.4) is 0 Å². The topological polar surface area (TPSA) is 50.0 Å². The molecule has 5 heteroatoms. The van der Waals surface area contributed by atoms with E-state index in [9.17, 15) is 5.11 Å². The second-order valence-electron chi connectivity index (χ2n) is 6.31. The van der Waals surface area contributed by atoms with Crippen molar-refractivity contribution in [1.29, 1.82) is 0 Å². The van der Waals surface area contributed by atoms with Gasteiger partial charge in [0.1, 0.15) is 5.75 Å². The number of β-amino-alcohol motifs (C(OH)–C–C–N with tert-alkyl or cyclic N) is 1. The van der Waals surface area contributed by atoms with E-state index in [1.54, 1.807) is 7.11 Å². The van der Waals surface area contributed by atoms with Crippen molar-refractivity contribution in [3.63, 3.8) is 0 Å². The van der Waals surface area contributed by atoms with E-state index in [-0.39, 0.29) is 12.1 Å². The number of benzene rings is 1. The predicted molar refractivity (Wildman–Crippen MR) is 92.0 cm³/mol. The van der Waals surface area contributed by atoms with Gasteiger partial charge in [0.15, 0.2) is 0 Å². The molecule has 1 N–H and O–H groups in total. The van der Waals surface area contributed by atoms with Crippen molar-refractivity contribution in [2.45, 2.75) is 25.1 Å². The second-order valence-corrected chi connectivity index (χ2v) is 6.31. The lowest BCUT2D eigenvalue weighted by Gasteiger charge is -2.24. The van der Waals surface area contributed by atoms with Crippen molar-refractivity contribution in [3.05, 3.63) is 66.0 Å². The van der Waals surface area contributed by atoms with Crippen molar-refractivity contribution in [2.75, 3.05) is 13.7 Å². The van der Waals surface area contributed by atoms with Crippen LogP contribution >= 0.6 is 0 Å². The molecular weight excluding hydrogens is 302 g/mol. The Labute approximate surface area is 141 Å². The van der Waals surface area contributed by atoms with Crippen LogP contribution in [0.2, 0.25) is 0 Å². The first-order chi connectivity index (χ1) is 11.7. The molecule has 0 bridgehead atoms. The molecule has 24 heavy (non-hydrogen) atoms. The summed E-state index contributed by atoms with van der Waals surface area (Å²) in [5.74, 6) is 0.852. The van der Waals surface area contributed by atoms with Gasteiger partial charge in [-0.3, -0.25) is 4.90 Å². The molecule has 0 radical (unpaired) electrons. The van der Waals surface area contributed by atoms with E-state index < -0.39 is 0 Å². The summed E-state index contributed by atoms with van der Waals surface area (Å²) in [4.78, 5) is 2.32. The molecule has 1 aliphatic rings. The van der Waals surface area contributed by atoms with E-state index in [4.69, 9.17) is 4.74 Å². The summed E-state index contributed by atoms with van der Waals surface area (Å²) in [6.45, 7) is 1.44. The van der Waals surface area contributed by atoms with Gasteiger partial charge in [0.25, 0.3) is 0 Å². The van der Waals surface area contributed by atoms with E-state index in [0.29, 0.717) is 6.54 Å². The molecule has 0 spiro atoms. The van der Waals surface area contributed by atoms with Gasteiger partial charge in [-0.25, -0.2) is 4.52 Å². The molecule has 124 valence electrons. The van der Waals surface area contributed by atoms with Crippen LogP contribution in [0.1, 0.15) is 23.6 Å². The molecule has 2 aromatic heterocycles. The average Bonchev–Trinajstić information content (AvgIpc) is 3.19. The fourth-order valence-electron chi connectivity index (χ4n) is 3.58. The molecule has 1 aliphatic heterocycles. The number of hydrogen-bond donors (Lipinski definition) is 1. The SMILES string of the molecule is COc1cccc(C2CC(O)CN2Cc2cnn3ccccc23)c1. The number of ether oxygens (including phenoxy) is 1. The summed E-state index contributed by atoms with van der Waals surface area (Å²) < 4.78 is 7.24. The summed E-state index contributed by atoms with van der Waals surface area (Å²) in [7, 11) is 1.68. The summed E-state index contributed by atoms with van der Waals surface area (Å²) in [6, 6.07) is 14.4. The van der Waals surface area contributed by atoms with Gasteiger partial charge in [-0.2, -0.15) is 5.10 Å². The Bertz CT molecular complexity index is 845.